The number of hydrogen-bond acceptors (Lipinski definition) is 6. The Morgan fingerprint density at radius 2 is 1.59 bits per heavy atom. The Kier molecular flexibility index (Phi) is 7.87. The van der Waals surface area contributed by atoms with E-state index in [1.807, 2.05) is 85.8 Å². The van der Waals surface area contributed by atoms with Crippen LogP contribution >= 0.6 is 24.0 Å². The molecule has 1 amide bonds. The third kappa shape index (κ3) is 5.61. The number of para-hydroxylation sites is 3. The molecular formula is C27H25NO4S2. The van der Waals surface area contributed by atoms with E-state index in [4.69, 9.17) is 26.4 Å². The highest BCUT2D eigenvalue weighted by Gasteiger charge is 2.33. The number of thiocarbonyl (C=S) groups is 1. The van der Waals surface area contributed by atoms with Gasteiger partial charge in [0.1, 0.15) is 5.75 Å². The van der Waals surface area contributed by atoms with Crippen molar-refractivity contribution < 1.29 is 19.0 Å². The molecule has 3 aromatic carbocycles. The maximum absolute atomic E-state index is 13.0. The minimum Gasteiger partial charge on any atom is -0.493 e. The summed E-state index contributed by atoms with van der Waals surface area (Å²) in [4.78, 5) is 15.2. The van der Waals surface area contributed by atoms with Gasteiger partial charge in [0.05, 0.1) is 30.9 Å². The van der Waals surface area contributed by atoms with Gasteiger partial charge < -0.3 is 14.2 Å². The third-order valence-electron chi connectivity index (χ3n) is 5.21. The molecule has 0 atom stereocenters. The van der Waals surface area contributed by atoms with Crippen molar-refractivity contribution in [1.29, 1.82) is 0 Å². The monoisotopic (exact) mass is 491 g/mol. The Hall–Kier alpha value is -3.29. The summed E-state index contributed by atoms with van der Waals surface area (Å²) in [5.41, 5.74) is 2.75. The molecule has 0 N–H and O–H groups in total. The molecule has 7 heteroatoms. The lowest BCUT2D eigenvalue weighted by molar-refractivity contribution is -0.113. The molecule has 1 saturated heterocycles. The quantitative estimate of drug-likeness (QED) is 0.200. The van der Waals surface area contributed by atoms with Crippen molar-refractivity contribution in [3.8, 4) is 17.2 Å². The smallest absolute Gasteiger partial charge is 0.270 e. The summed E-state index contributed by atoms with van der Waals surface area (Å²) in [6.07, 6.45) is 2.60. The number of carbonyl (C=O) groups is 1. The second-order valence-corrected chi connectivity index (χ2v) is 9.25. The number of rotatable bonds is 9. The number of ether oxygens (including phenoxy) is 3. The lowest BCUT2D eigenvalue weighted by Crippen LogP contribution is -2.28. The van der Waals surface area contributed by atoms with Crippen molar-refractivity contribution in [2.45, 2.75) is 13.3 Å². The number of methoxy groups -OCH3 is 1. The fraction of sp³-hybridized carbons (Fsp3) is 0.185. The van der Waals surface area contributed by atoms with Crippen LogP contribution in [-0.2, 0) is 4.79 Å². The average Bonchev–Trinajstić information content (AvgIpc) is 3.13. The van der Waals surface area contributed by atoms with E-state index in [1.165, 1.54) is 11.8 Å². The molecule has 0 aromatic heterocycles. The van der Waals surface area contributed by atoms with Gasteiger partial charge in [-0.2, -0.15) is 0 Å². The van der Waals surface area contributed by atoms with Gasteiger partial charge in [0, 0.05) is 6.42 Å². The molecule has 3 aromatic rings. The van der Waals surface area contributed by atoms with Gasteiger partial charge in [-0.1, -0.05) is 66.4 Å². The summed E-state index contributed by atoms with van der Waals surface area (Å²) in [7, 11) is 1.63. The zero-order valence-corrected chi connectivity index (χ0v) is 20.7. The molecule has 0 aliphatic carbocycles. The van der Waals surface area contributed by atoms with E-state index in [-0.39, 0.29) is 5.91 Å². The van der Waals surface area contributed by atoms with E-state index in [1.54, 1.807) is 12.0 Å². The van der Waals surface area contributed by atoms with Crippen molar-refractivity contribution in [2.24, 2.45) is 0 Å². The summed E-state index contributed by atoms with van der Waals surface area (Å²) in [5, 5.41) is 0. The number of aryl methyl sites for hydroxylation is 1. The van der Waals surface area contributed by atoms with Gasteiger partial charge in [-0.05, 0) is 54.5 Å². The highest BCUT2D eigenvalue weighted by molar-refractivity contribution is 8.27. The fourth-order valence-electron chi connectivity index (χ4n) is 3.47. The van der Waals surface area contributed by atoms with Crippen molar-refractivity contribution >= 4 is 46.0 Å². The molecular weight excluding hydrogens is 466 g/mol. The van der Waals surface area contributed by atoms with Crippen LogP contribution in [0.15, 0.2) is 77.7 Å². The summed E-state index contributed by atoms with van der Waals surface area (Å²) < 4.78 is 17.4. The first-order chi connectivity index (χ1) is 16.6. The molecule has 174 valence electrons. The van der Waals surface area contributed by atoms with Gasteiger partial charge in [-0.25, -0.2) is 0 Å². The number of hydrogen-bond donors (Lipinski definition) is 0. The predicted octanol–water partition coefficient (Wildman–Crippen LogP) is 6.26. The number of benzene rings is 3. The number of nitrogens with zero attached hydrogens (tertiary/aromatic N) is 1. The van der Waals surface area contributed by atoms with E-state index >= 15 is 0 Å². The van der Waals surface area contributed by atoms with Crippen LogP contribution in [0.2, 0.25) is 0 Å². The molecule has 1 aliphatic heterocycles. The number of thioether (sulfide) groups is 1. The number of anilines is 1. The molecule has 5 nitrogen and oxygen atoms in total. The Labute approximate surface area is 209 Å². The van der Waals surface area contributed by atoms with Gasteiger partial charge in [-0.15, -0.1) is 0 Å². The summed E-state index contributed by atoms with van der Waals surface area (Å²) in [6, 6.07) is 23.0. The van der Waals surface area contributed by atoms with Crippen LogP contribution in [0.25, 0.3) is 6.08 Å². The average molecular weight is 492 g/mol. The van der Waals surface area contributed by atoms with Crippen molar-refractivity contribution in [2.75, 3.05) is 25.2 Å². The largest absolute Gasteiger partial charge is 0.493 e. The highest BCUT2D eigenvalue weighted by atomic mass is 32.2. The molecule has 1 aliphatic rings. The maximum atomic E-state index is 13.0. The second-order valence-electron chi connectivity index (χ2n) is 7.57. The standard InChI is InChI=1S/C27H25NO4S2/c1-19-8-3-4-9-22(19)28-26(29)25(34-27(28)33)18-20-12-14-21(15-13-20)31-16-7-17-32-24-11-6-5-10-23(24)30-2/h3-6,8-15,18H,7,16-17H2,1-2H3/b25-18-. The molecule has 34 heavy (non-hydrogen) atoms. The van der Waals surface area contributed by atoms with Gasteiger partial charge in [-0.3, -0.25) is 9.69 Å². The summed E-state index contributed by atoms with van der Waals surface area (Å²) in [6.45, 7) is 3.03. The Morgan fingerprint density at radius 1 is 0.912 bits per heavy atom. The van der Waals surface area contributed by atoms with Gasteiger partial charge >= 0.3 is 0 Å². The second kappa shape index (κ2) is 11.2. The Balaban J connectivity index is 1.30. The minimum atomic E-state index is -0.0975. The zero-order chi connectivity index (χ0) is 23.9. The van der Waals surface area contributed by atoms with Crippen LogP contribution in [0.5, 0.6) is 17.2 Å². The molecule has 0 unspecified atom stereocenters. The van der Waals surface area contributed by atoms with Gasteiger partial charge in [0.15, 0.2) is 15.8 Å². The maximum Gasteiger partial charge on any atom is 0.270 e. The third-order valence-corrected chi connectivity index (χ3v) is 6.51. The van der Waals surface area contributed by atoms with Gasteiger partial charge in [0.25, 0.3) is 5.91 Å². The molecule has 0 saturated carbocycles. The van der Waals surface area contributed by atoms with Gasteiger partial charge in [0.2, 0.25) is 0 Å². The minimum absolute atomic E-state index is 0.0975. The predicted molar refractivity (Wildman–Crippen MR) is 142 cm³/mol. The molecule has 0 spiro atoms. The van der Waals surface area contributed by atoms with Crippen LogP contribution in [-0.4, -0.2) is 30.6 Å². The Bertz CT molecular complexity index is 1210. The fourth-order valence-corrected chi connectivity index (χ4v) is 4.76. The van der Waals surface area contributed by atoms with E-state index in [9.17, 15) is 4.79 Å². The summed E-state index contributed by atoms with van der Waals surface area (Å²) in [5.74, 6) is 2.11. The topological polar surface area (TPSA) is 48.0 Å². The lowest BCUT2D eigenvalue weighted by atomic mass is 10.1. The van der Waals surface area contributed by atoms with Crippen molar-refractivity contribution in [3.63, 3.8) is 0 Å². The van der Waals surface area contributed by atoms with Crippen LogP contribution in [0.3, 0.4) is 0 Å². The zero-order valence-electron chi connectivity index (χ0n) is 19.0. The van der Waals surface area contributed by atoms with Crippen molar-refractivity contribution in [3.05, 3.63) is 88.8 Å². The van der Waals surface area contributed by atoms with E-state index < -0.39 is 0 Å². The number of carbonyl (C=O) groups excluding carboxylic acids is 1. The van der Waals surface area contributed by atoms with Crippen molar-refractivity contribution in [1.82, 2.24) is 0 Å². The molecule has 1 heterocycles. The molecule has 0 bridgehead atoms. The van der Waals surface area contributed by atoms with E-state index in [0.717, 1.165) is 40.5 Å². The first-order valence-electron chi connectivity index (χ1n) is 10.9. The molecule has 0 radical (unpaired) electrons. The van der Waals surface area contributed by atoms with E-state index in [2.05, 4.69) is 0 Å². The normalized spacial score (nSPS) is 14.5. The first kappa shape index (κ1) is 23.9. The first-order valence-corrected chi connectivity index (χ1v) is 12.1. The van der Waals surface area contributed by atoms with Crippen LogP contribution in [0, 0.1) is 6.92 Å². The van der Waals surface area contributed by atoms with Crippen LogP contribution < -0.4 is 19.1 Å². The summed E-state index contributed by atoms with van der Waals surface area (Å²) >= 11 is 6.80. The lowest BCUT2D eigenvalue weighted by Gasteiger charge is -2.16. The molecule has 4 rings (SSSR count). The van der Waals surface area contributed by atoms with E-state index in [0.29, 0.717) is 22.4 Å². The van der Waals surface area contributed by atoms with Crippen LogP contribution in [0.4, 0.5) is 5.69 Å². The SMILES string of the molecule is COc1ccccc1OCCCOc1ccc(/C=C2\SC(=S)N(c3ccccc3C)C2=O)cc1. The Morgan fingerprint density at radius 3 is 2.32 bits per heavy atom. The molecule has 1 fully saturated rings. The number of amides is 1. The van der Waals surface area contributed by atoms with Crippen LogP contribution in [0.1, 0.15) is 17.5 Å². The highest BCUT2D eigenvalue weighted by Crippen LogP contribution is 2.37.